The van der Waals surface area contributed by atoms with Crippen molar-refractivity contribution in [1.82, 2.24) is 10.1 Å². The molecule has 110 valence electrons. The lowest BCUT2D eigenvalue weighted by molar-refractivity contribution is -0.384. The molecule has 0 amide bonds. The average molecular weight is 297 g/mol. The maximum Gasteiger partial charge on any atom is 0.269 e. The molecular formula is C15H11N3O4. The zero-order valence-corrected chi connectivity index (χ0v) is 11.6. The third-order valence-electron chi connectivity index (χ3n) is 3.10. The summed E-state index contributed by atoms with van der Waals surface area (Å²) in [7, 11) is 1.57. The van der Waals surface area contributed by atoms with Crippen LogP contribution in [0.2, 0.25) is 0 Å². The number of para-hydroxylation sites is 1. The van der Waals surface area contributed by atoms with Crippen LogP contribution < -0.4 is 4.74 Å². The predicted molar refractivity (Wildman–Crippen MR) is 78.4 cm³/mol. The van der Waals surface area contributed by atoms with E-state index < -0.39 is 4.92 Å². The average Bonchev–Trinajstić information content (AvgIpc) is 3.04. The number of nitrogens with zero attached hydrogens (tertiary/aromatic N) is 3. The molecule has 0 radical (unpaired) electrons. The fourth-order valence-electron chi connectivity index (χ4n) is 2.01. The normalized spacial score (nSPS) is 10.4. The second kappa shape index (κ2) is 5.65. The summed E-state index contributed by atoms with van der Waals surface area (Å²) in [6.45, 7) is 0. The van der Waals surface area contributed by atoms with Crippen LogP contribution in [0.15, 0.2) is 53.1 Å². The highest BCUT2D eigenvalue weighted by atomic mass is 16.6. The molecule has 1 heterocycles. The van der Waals surface area contributed by atoms with Gasteiger partial charge in [-0.25, -0.2) is 0 Å². The Bertz CT molecular complexity index is 812. The van der Waals surface area contributed by atoms with Gasteiger partial charge in [-0.1, -0.05) is 17.3 Å². The Morgan fingerprint density at radius 1 is 1.14 bits per heavy atom. The van der Waals surface area contributed by atoms with Crippen molar-refractivity contribution in [3.8, 4) is 28.6 Å². The largest absolute Gasteiger partial charge is 0.496 e. The van der Waals surface area contributed by atoms with Crippen molar-refractivity contribution >= 4 is 5.69 Å². The van der Waals surface area contributed by atoms with Crippen molar-refractivity contribution in [1.29, 1.82) is 0 Å². The molecule has 7 nitrogen and oxygen atoms in total. The molecule has 0 aliphatic heterocycles. The van der Waals surface area contributed by atoms with Gasteiger partial charge in [0.25, 0.3) is 11.6 Å². The summed E-state index contributed by atoms with van der Waals surface area (Å²) in [4.78, 5) is 14.5. The Morgan fingerprint density at radius 3 is 2.55 bits per heavy atom. The van der Waals surface area contributed by atoms with Crippen molar-refractivity contribution in [2.75, 3.05) is 7.11 Å². The number of aromatic nitrogens is 2. The van der Waals surface area contributed by atoms with Crippen LogP contribution in [0.25, 0.3) is 22.8 Å². The Hall–Kier alpha value is -3.22. The second-order valence-corrected chi connectivity index (χ2v) is 4.43. The van der Waals surface area contributed by atoms with E-state index in [-0.39, 0.29) is 11.6 Å². The quantitative estimate of drug-likeness (QED) is 0.542. The fourth-order valence-corrected chi connectivity index (χ4v) is 2.01. The minimum absolute atomic E-state index is 0.00761. The number of non-ortho nitro benzene ring substituents is 1. The van der Waals surface area contributed by atoms with E-state index in [1.54, 1.807) is 25.3 Å². The van der Waals surface area contributed by atoms with Crippen molar-refractivity contribution < 1.29 is 14.2 Å². The molecule has 0 saturated carbocycles. The van der Waals surface area contributed by atoms with E-state index >= 15 is 0 Å². The highest BCUT2D eigenvalue weighted by Crippen LogP contribution is 2.29. The molecule has 1 aromatic heterocycles. The summed E-state index contributed by atoms with van der Waals surface area (Å²) in [5, 5.41) is 14.6. The van der Waals surface area contributed by atoms with Gasteiger partial charge in [-0.05, 0) is 24.3 Å². The van der Waals surface area contributed by atoms with Gasteiger partial charge in [0.1, 0.15) is 5.75 Å². The first-order chi connectivity index (χ1) is 10.7. The van der Waals surface area contributed by atoms with Crippen LogP contribution in [0.3, 0.4) is 0 Å². The maximum atomic E-state index is 10.6. The van der Waals surface area contributed by atoms with Gasteiger partial charge in [0.05, 0.1) is 17.6 Å². The Morgan fingerprint density at radius 2 is 1.86 bits per heavy atom. The van der Waals surface area contributed by atoms with E-state index in [0.29, 0.717) is 22.7 Å². The molecule has 0 atom stereocenters. The number of hydrogen-bond acceptors (Lipinski definition) is 6. The van der Waals surface area contributed by atoms with E-state index in [2.05, 4.69) is 10.1 Å². The van der Waals surface area contributed by atoms with Gasteiger partial charge in [0, 0.05) is 17.7 Å². The molecule has 0 N–H and O–H groups in total. The minimum Gasteiger partial charge on any atom is -0.496 e. The van der Waals surface area contributed by atoms with Gasteiger partial charge in [0.2, 0.25) is 5.82 Å². The molecule has 0 bridgehead atoms. The van der Waals surface area contributed by atoms with Crippen LogP contribution in [-0.4, -0.2) is 22.2 Å². The molecule has 0 saturated heterocycles. The number of methoxy groups -OCH3 is 1. The number of hydrogen-bond donors (Lipinski definition) is 0. The van der Waals surface area contributed by atoms with Crippen LogP contribution >= 0.6 is 0 Å². The molecule has 22 heavy (non-hydrogen) atoms. The van der Waals surface area contributed by atoms with Gasteiger partial charge in [-0.15, -0.1) is 0 Å². The van der Waals surface area contributed by atoms with Crippen molar-refractivity contribution in [3.05, 3.63) is 58.6 Å². The molecule has 0 fully saturated rings. The SMILES string of the molecule is COc1ccccc1-c1noc(-c2ccc([N+](=O)[O-])cc2)n1. The summed E-state index contributed by atoms with van der Waals surface area (Å²) in [6.07, 6.45) is 0. The lowest BCUT2D eigenvalue weighted by Crippen LogP contribution is -1.89. The molecule has 0 aliphatic rings. The van der Waals surface area contributed by atoms with Gasteiger partial charge in [-0.3, -0.25) is 10.1 Å². The number of nitro benzene ring substituents is 1. The van der Waals surface area contributed by atoms with Gasteiger partial charge >= 0.3 is 0 Å². The summed E-state index contributed by atoms with van der Waals surface area (Å²) in [5.74, 6) is 1.32. The Balaban J connectivity index is 1.95. The van der Waals surface area contributed by atoms with Gasteiger partial charge in [-0.2, -0.15) is 4.98 Å². The first kappa shape index (κ1) is 13.7. The fraction of sp³-hybridized carbons (Fsp3) is 0.0667. The van der Waals surface area contributed by atoms with Crippen LogP contribution in [0, 0.1) is 10.1 Å². The Kier molecular flexibility index (Phi) is 3.53. The third-order valence-corrected chi connectivity index (χ3v) is 3.10. The highest BCUT2D eigenvalue weighted by Gasteiger charge is 2.14. The maximum absolute atomic E-state index is 10.6. The van der Waals surface area contributed by atoms with Gasteiger partial charge in [0.15, 0.2) is 0 Å². The van der Waals surface area contributed by atoms with Crippen LogP contribution in [0.5, 0.6) is 5.75 Å². The second-order valence-electron chi connectivity index (χ2n) is 4.43. The summed E-state index contributed by atoms with van der Waals surface area (Å²) < 4.78 is 10.5. The summed E-state index contributed by atoms with van der Waals surface area (Å²) in [6, 6.07) is 13.2. The zero-order chi connectivity index (χ0) is 15.5. The minimum atomic E-state index is -0.460. The van der Waals surface area contributed by atoms with Gasteiger partial charge < -0.3 is 9.26 Å². The zero-order valence-electron chi connectivity index (χ0n) is 11.6. The van der Waals surface area contributed by atoms with Crippen LogP contribution in [0.1, 0.15) is 0 Å². The summed E-state index contributed by atoms with van der Waals surface area (Å²) in [5.41, 5.74) is 1.33. The molecule has 0 spiro atoms. The summed E-state index contributed by atoms with van der Waals surface area (Å²) >= 11 is 0. The molecule has 0 unspecified atom stereocenters. The van der Waals surface area contributed by atoms with Crippen molar-refractivity contribution in [2.24, 2.45) is 0 Å². The highest BCUT2D eigenvalue weighted by molar-refractivity contribution is 5.66. The van der Waals surface area contributed by atoms with E-state index in [0.717, 1.165) is 0 Å². The number of benzene rings is 2. The lowest BCUT2D eigenvalue weighted by Gasteiger charge is -2.02. The van der Waals surface area contributed by atoms with Crippen molar-refractivity contribution in [3.63, 3.8) is 0 Å². The first-order valence-corrected chi connectivity index (χ1v) is 6.41. The molecule has 3 aromatic rings. The third kappa shape index (κ3) is 2.51. The van der Waals surface area contributed by atoms with E-state index in [9.17, 15) is 10.1 Å². The molecule has 7 heteroatoms. The number of ether oxygens (including phenoxy) is 1. The number of nitro groups is 1. The van der Waals surface area contributed by atoms with E-state index in [4.69, 9.17) is 9.26 Å². The van der Waals surface area contributed by atoms with E-state index in [1.165, 1.54) is 12.1 Å². The van der Waals surface area contributed by atoms with Crippen molar-refractivity contribution in [2.45, 2.75) is 0 Å². The lowest BCUT2D eigenvalue weighted by atomic mass is 10.2. The van der Waals surface area contributed by atoms with Crippen LogP contribution in [0.4, 0.5) is 5.69 Å². The number of rotatable bonds is 4. The monoisotopic (exact) mass is 297 g/mol. The molecular weight excluding hydrogens is 286 g/mol. The van der Waals surface area contributed by atoms with E-state index in [1.807, 2.05) is 18.2 Å². The topological polar surface area (TPSA) is 91.3 Å². The molecule has 0 aliphatic carbocycles. The predicted octanol–water partition coefficient (Wildman–Crippen LogP) is 3.32. The Labute approximate surface area is 125 Å². The standard InChI is InChI=1S/C15H11N3O4/c1-21-13-5-3-2-4-12(13)14-16-15(22-17-14)10-6-8-11(9-7-10)18(19)20/h2-9H,1H3. The molecule has 3 rings (SSSR count). The smallest absolute Gasteiger partial charge is 0.269 e. The van der Waals surface area contributed by atoms with Crippen LogP contribution in [-0.2, 0) is 0 Å². The molecule has 2 aromatic carbocycles. The first-order valence-electron chi connectivity index (χ1n) is 6.41.